The second-order valence-corrected chi connectivity index (χ2v) is 7.97. The monoisotopic (exact) mass is 479 g/mol. The summed E-state index contributed by atoms with van der Waals surface area (Å²) in [6, 6.07) is 11.3. The Kier molecular flexibility index (Phi) is 6.72. The van der Waals surface area contributed by atoms with Crippen LogP contribution in [-0.4, -0.2) is 47.6 Å². The number of nitrogens with zero attached hydrogens (tertiary/aromatic N) is 2. The zero-order chi connectivity index (χ0) is 25.1. The molecule has 1 aliphatic heterocycles. The molecule has 1 aromatic heterocycles. The Morgan fingerprint density at radius 2 is 1.83 bits per heavy atom. The number of esters is 1. The van der Waals surface area contributed by atoms with Gasteiger partial charge in [-0.2, -0.15) is 0 Å². The molecule has 35 heavy (non-hydrogen) atoms. The molecule has 0 unspecified atom stereocenters. The number of hydrogen-bond acceptors (Lipinski definition) is 8. The van der Waals surface area contributed by atoms with Gasteiger partial charge in [-0.25, -0.2) is 4.79 Å². The Hall–Kier alpha value is -4.34. The minimum atomic E-state index is -0.815. The van der Waals surface area contributed by atoms with E-state index in [0.717, 1.165) is 17.4 Å². The number of aromatic nitrogens is 1. The number of ketones is 1. The van der Waals surface area contributed by atoms with Gasteiger partial charge in [0.1, 0.15) is 18.9 Å². The van der Waals surface area contributed by atoms with E-state index in [4.69, 9.17) is 14.2 Å². The maximum Gasteiger partial charge on any atom is 0.338 e. The molecule has 1 N–H and O–H groups in total. The molecule has 0 fully saturated rings. The van der Waals surface area contributed by atoms with Crippen LogP contribution in [0.25, 0.3) is 5.69 Å². The summed E-state index contributed by atoms with van der Waals surface area (Å²) in [5.74, 6) is 0.112. The summed E-state index contributed by atoms with van der Waals surface area (Å²) >= 11 is 0. The van der Waals surface area contributed by atoms with Gasteiger partial charge < -0.3 is 24.1 Å². The molecule has 2 heterocycles. The first kappa shape index (κ1) is 23.8. The SMILES string of the molecule is CCNc1ccc(C(=O)OCC(=O)c2cc(C)n(-c3ccc4c(c3)OCCO4)c2C)cc1[N+](=O)[O-]. The molecule has 0 saturated carbocycles. The Morgan fingerprint density at radius 1 is 1.09 bits per heavy atom. The number of hydrogen-bond donors (Lipinski definition) is 1. The lowest BCUT2D eigenvalue weighted by atomic mass is 10.1. The van der Waals surface area contributed by atoms with Gasteiger partial charge in [0.05, 0.1) is 10.5 Å². The van der Waals surface area contributed by atoms with Gasteiger partial charge in [-0.15, -0.1) is 0 Å². The van der Waals surface area contributed by atoms with Crippen LogP contribution in [0.4, 0.5) is 11.4 Å². The smallest absolute Gasteiger partial charge is 0.338 e. The third-order valence-corrected chi connectivity index (χ3v) is 5.65. The molecule has 0 aliphatic carbocycles. The van der Waals surface area contributed by atoms with E-state index in [1.54, 1.807) is 6.07 Å². The van der Waals surface area contributed by atoms with Crippen molar-refractivity contribution < 1.29 is 28.7 Å². The maximum atomic E-state index is 12.9. The van der Waals surface area contributed by atoms with Gasteiger partial charge in [-0.05, 0) is 51.1 Å². The van der Waals surface area contributed by atoms with Crippen LogP contribution < -0.4 is 14.8 Å². The van der Waals surface area contributed by atoms with E-state index in [9.17, 15) is 19.7 Å². The number of fused-ring (bicyclic) bond motifs is 1. The third-order valence-electron chi connectivity index (χ3n) is 5.65. The predicted molar refractivity (Wildman–Crippen MR) is 128 cm³/mol. The van der Waals surface area contributed by atoms with Crippen LogP contribution in [0.1, 0.15) is 39.0 Å². The average molecular weight is 479 g/mol. The molecular formula is C25H25N3O7. The molecule has 0 spiro atoms. The minimum Gasteiger partial charge on any atom is -0.486 e. The van der Waals surface area contributed by atoms with Crippen LogP contribution >= 0.6 is 0 Å². The largest absolute Gasteiger partial charge is 0.486 e. The van der Waals surface area contributed by atoms with Gasteiger partial charge in [0, 0.05) is 41.3 Å². The van der Waals surface area contributed by atoms with Crippen LogP contribution in [0.2, 0.25) is 0 Å². The van der Waals surface area contributed by atoms with E-state index in [0.29, 0.717) is 48.2 Å². The molecule has 0 atom stereocenters. The number of anilines is 1. The maximum absolute atomic E-state index is 12.9. The number of aryl methyl sites for hydroxylation is 1. The quantitative estimate of drug-likeness (QED) is 0.220. The van der Waals surface area contributed by atoms with Crippen molar-refractivity contribution in [2.75, 3.05) is 31.7 Å². The fourth-order valence-electron chi connectivity index (χ4n) is 4.06. The summed E-state index contributed by atoms with van der Waals surface area (Å²) in [6.07, 6.45) is 0. The van der Waals surface area contributed by atoms with Crippen molar-refractivity contribution in [3.63, 3.8) is 0 Å². The minimum absolute atomic E-state index is 0.00657. The molecule has 0 bridgehead atoms. The number of carbonyl (C=O) groups is 2. The summed E-state index contributed by atoms with van der Waals surface area (Å²) in [6.45, 7) is 6.45. The van der Waals surface area contributed by atoms with Crippen molar-refractivity contribution in [3.8, 4) is 17.2 Å². The van der Waals surface area contributed by atoms with Crippen molar-refractivity contribution in [1.29, 1.82) is 0 Å². The molecule has 182 valence electrons. The zero-order valence-electron chi connectivity index (χ0n) is 19.6. The van der Waals surface area contributed by atoms with Crippen LogP contribution in [0.5, 0.6) is 11.5 Å². The lowest BCUT2D eigenvalue weighted by Crippen LogP contribution is -2.16. The summed E-state index contributed by atoms with van der Waals surface area (Å²) in [5.41, 5.74) is 2.79. The average Bonchev–Trinajstić information content (AvgIpc) is 3.16. The second-order valence-electron chi connectivity index (χ2n) is 7.97. The van der Waals surface area contributed by atoms with E-state index >= 15 is 0 Å². The first-order valence-corrected chi connectivity index (χ1v) is 11.1. The summed E-state index contributed by atoms with van der Waals surface area (Å²) in [4.78, 5) is 36.1. The predicted octanol–water partition coefficient (Wildman–Crippen LogP) is 4.25. The van der Waals surface area contributed by atoms with Crippen molar-refractivity contribution in [3.05, 3.63) is 75.1 Å². The molecular weight excluding hydrogens is 454 g/mol. The number of Topliss-reactive ketones (excluding diaryl/α,β-unsaturated/α-hetero) is 1. The summed E-state index contributed by atoms with van der Waals surface area (Å²) in [5, 5.41) is 14.2. The molecule has 0 saturated heterocycles. The van der Waals surface area contributed by atoms with Crippen molar-refractivity contribution in [2.24, 2.45) is 0 Å². The number of nitro benzene ring substituents is 1. The third kappa shape index (κ3) is 4.81. The number of carbonyl (C=O) groups excluding carboxylic acids is 2. The molecule has 3 aromatic rings. The standard InChI is InChI=1S/C25H25N3O7/c1-4-26-20-7-5-17(12-21(20)28(31)32)25(30)35-14-22(29)19-11-15(2)27(16(19)3)18-6-8-23-24(13-18)34-10-9-33-23/h5-8,11-13,26H,4,9-10,14H2,1-3H3. The summed E-state index contributed by atoms with van der Waals surface area (Å²) in [7, 11) is 0. The Balaban J connectivity index is 1.50. The van der Waals surface area contributed by atoms with Gasteiger partial charge in [0.15, 0.2) is 18.1 Å². The second kappa shape index (κ2) is 9.88. The Morgan fingerprint density at radius 3 is 2.54 bits per heavy atom. The molecule has 0 amide bonds. The van der Waals surface area contributed by atoms with Crippen LogP contribution in [0.3, 0.4) is 0 Å². The normalized spacial score (nSPS) is 12.2. The zero-order valence-corrected chi connectivity index (χ0v) is 19.6. The van der Waals surface area contributed by atoms with Gasteiger partial charge in [0.25, 0.3) is 5.69 Å². The number of rotatable bonds is 8. The molecule has 4 rings (SSSR count). The first-order chi connectivity index (χ1) is 16.8. The van der Waals surface area contributed by atoms with E-state index in [-0.39, 0.29) is 17.0 Å². The van der Waals surface area contributed by atoms with Crippen molar-refractivity contribution in [1.82, 2.24) is 4.57 Å². The lowest BCUT2D eigenvalue weighted by molar-refractivity contribution is -0.384. The number of benzene rings is 2. The van der Waals surface area contributed by atoms with E-state index in [2.05, 4.69) is 5.32 Å². The van der Waals surface area contributed by atoms with E-state index in [1.807, 2.05) is 43.5 Å². The highest BCUT2D eigenvalue weighted by molar-refractivity contribution is 6.00. The highest BCUT2D eigenvalue weighted by atomic mass is 16.6. The van der Waals surface area contributed by atoms with Gasteiger partial charge >= 0.3 is 5.97 Å². The van der Waals surface area contributed by atoms with Gasteiger partial charge in [-0.1, -0.05) is 0 Å². The van der Waals surface area contributed by atoms with E-state index in [1.165, 1.54) is 12.1 Å². The van der Waals surface area contributed by atoms with Gasteiger partial charge in [-0.3, -0.25) is 14.9 Å². The Labute approximate surface area is 201 Å². The van der Waals surface area contributed by atoms with Crippen LogP contribution in [0, 0.1) is 24.0 Å². The molecule has 1 aliphatic rings. The summed E-state index contributed by atoms with van der Waals surface area (Å²) < 4.78 is 18.3. The topological polar surface area (TPSA) is 122 Å². The fourth-order valence-corrected chi connectivity index (χ4v) is 4.06. The lowest BCUT2D eigenvalue weighted by Gasteiger charge is -2.20. The molecule has 0 radical (unpaired) electrons. The van der Waals surface area contributed by atoms with Crippen molar-refractivity contribution >= 4 is 23.1 Å². The van der Waals surface area contributed by atoms with Crippen LogP contribution in [0.15, 0.2) is 42.5 Å². The highest BCUT2D eigenvalue weighted by Gasteiger charge is 2.22. The van der Waals surface area contributed by atoms with Gasteiger partial charge in [0.2, 0.25) is 5.78 Å². The van der Waals surface area contributed by atoms with Crippen molar-refractivity contribution in [2.45, 2.75) is 20.8 Å². The number of nitro groups is 1. The molecule has 2 aromatic carbocycles. The number of nitrogens with one attached hydrogen (secondary N) is 1. The van der Waals surface area contributed by atoms with E-state index < -0.39 is 17.5 Å². The fraction of sp³-hybridized carbons (Fsp3) is 0.280. The Bertz CT molecular complexity index is 1310. The first-order valence-electron chi connectivity index (χ1n) is 11.1. The molecule has 10 heteroatoms. The highest BCUT2D eigenvalue weighted by Crippen LogP contribution is 2.33. The molecule has 10 nitrogen and oxygen atoms in total. The number of ether oxygens (including phenoxy) is 3. The van der Waals surface area contributed by atoms with Crippen LogP contribution in [-0.2, 0) is 4.74 Å².